The minimum absolute atomic E-state index is 0.232. The summed E-state index contributed by atoms with van der Waals surface area (Å²) >= 11 is 0. The SMILES string of the molecule is CCCCCCCCCC(CCCCCCCC)OCC(C)OCCC. The molecule has 0 aromatic heterocycles. The molecule has 26 heavy (non-hydrogen) atoms. The maximum Gasteiger partial charge on any atom is 0.0780 e. The highest BCUT2D eigenvalue weighted by molar-refractivity contribution is 4.62. The standard InChI is InChI=1S/C24H50O2/c1-5-8-10-12-14-16-18-20-24(19-17-15-13-11-9-6-2)26-22-23(4)25-21-7-3/h23-24H,5-22H2,1-4H3. The lowest BCUT2D eigenvalue weighted by molar-refractivity contribution is -0.0421. The third-order valence-electron chi connectivity index (χ3n) is 5.18. The molecule has 2 atom stereocenters. The van der Waals surface area contributed by atoms with Gasteiger partial charge in [0.1, 0.15) is 0 Å². The normalized spacial score (nSPS) is 13.8. The number of ether oxygens (including phenoxy) is 2. The van der Waals surface area contributed by atoms with Crippen molar-refractivity contribution in [1.29, 1.82) is 0 Å². The molecule has 0 aliphatic rings. The van der Waals surface area contributed by atoms with Crippen LogP contribution < -0.4 is 0 Å². The van der Waals surface area contributed by atoms with Gasteiger partial charge >= 0.3 is 0 Å². The fraction of sp³-hybridized carbons (Fsp3) is 1.00. The topological polar surface area (TPSA) is 18.5 Å². The summed E-state index contributed by atoms with van der Waals surface area (Å²) in [6.45, 7) is 10.5. The van der Waals surface area contributed by atoms with E-state index in [1.165, 1.54) is 96.3 Å². The first kappa shape index (κ1) is 25.9. The molecule has 0 rings (SSSR count). The predicted octanol–water partition coefficient (Wildman–Crippen LogP) is 8.08. The van der Waals surface area contributed by atoms with Crippen LogP contribution in [0.3, 0.4) is 0 Å². The van der Waals surface area contributed by atoms with Gasteiger partial charge in [-0.1, -0.05) is 104 Å². The van der Waals surface area contributed by atoms with Crippen molar-refractivity contribution in [3.05, 3.63) is 0 Å². The second-order valence-electron chi connectivity index (χ2n) is 8.10. The lowest BCUT2D eigenvalue weighted by atomic mass is 10.0. The number of rotatable bonds is 21. The van der Waals surface area contributed by atoms with Gasteiger partial charge in [0.2, 0.25) is 0 Å². The molecule has 158 valence electrons. The molecule has 2 unspecified atom stereocenters. The molecule has 0 fully saturated rings. The van der Waals surface area contributed by atoms with Crippen molar-refractivity contribution in [3.8, 4) is 0 Å². The minimum atomic E-state index is 0.232. The van der Waals surface area contributed by atoms with E-state index in [1.807, 2.05) is 0 Å². The van der Waals surface area contributed by atoms with E-state index in [0.717, 1.165) is 19.6 Å². The number of hydrogen-bond donors (Lipinski definition) is 0. The fourth-order valence-electron chi connectivity index (χ4n) is 3.43. The Morgan fingerprint density at radius 2 is 1.00 bits per heavy atom. The van der Waals surface area contributed by atoms with Crippen LogP contribution in [0.2, 0.25) is 0 Å². The van der Waals surface area contributed by atoms with E-state index >= 15 is 0 Å². The molecule has 0 bridgehead atoms. The molecule has 0 saturated heterocycles. The third-order valence-corrected chi connectivity index (χ3v) is 5.18. The van der Waals surface area contributed by atoms with Crippen molar-refractivity contribution < 1.29 is 9.47 Å². The van der Waals surface area contributed by atoms with Crippen molar-refractivity contribution in [1.82, 2.24) is 0 Å². The average Bonchev–Trinajstić information content (AvgIpc) is 2.65. The monoisotopic (exact) mass is 370 g/mol. The lowest BCUT2D eigenvalue weighted by Crippen LogP contribution is -2.22. The van der Waals surface area contributed by atoms with E-state index in [2.05, 4.69) is 27.7 Å². The Hall–Kier alpha value is -0.0800. The third kappa shape index (κ3) is 18.7. The van der Waals surface area contributed by atoms with Gasteiger partial charge in [-0.3, -0.25) is 0 Å². The maximum atomic E-state index is 6.25. The van der Waals surface area contributed by atoms with Gasteiger partial charge in [0.15, 0.2) is 0 Å². The van der Waals surface area contributed by atoms with Crippen LogP contribution in [0.25, 0.3) is 0 Å². The van der Waals surface area contributed by atoms with Crippen LogP contribution >= 0.6 is 0 Å². The van der Waals surface area contributed by atoms with Gasteiger partial charge in [0, 0.05) is 6.61 Å². The zero-order chi connectivity index (χ0) is 19.3. The van der Waals surface area contributed by atoms with Crippen molar-refractivity contribution in [3.63, 3.8) is 0 Å². The van der Waals surface area contributed by atoms with Crippen molar-refractivity contribution in [2.24, 2.45) is 0 Å². The summed E-state index contributed by atoms with van der Waals surface area (Å²) < 4.78 is 12.0. The summed E-state index contributed by atoms with van der Waals surface area (Å²) in [5, 5.41) is 0. The van der Waals surface area contributed by atoms with Crippen LogP contribution in [0.5, 0.6) is 0 Å². The molecular formula is C24H50O2. The summed E-state index contributed by atoms with van der Waals surface area (Å²) in [7, 11) is 0. The molecule has 0 aliphatic heterocycles. The Morgan fingerprint density at radius 1 is 0.538 bits per heavy atom. The highest BCUT2D eigenvalue weighted by Gasteiger charge is 2.11. The number of hydrogen-bond acceptors (Lipinski definition) is 2. The molecular weight excluding hydrogens is 320 g/mol. The Kier molecular flexibility index (Phi) is 21.2. The van der Waals surface area contributed by atoms with Gasteiger partial charge in [-0.15, -0.1) is 0 Å². The largest absolute Gasteiger partial charge is 0.376 e. The lowest BCUT2D eigenvalue weighted by Gasteiger charge is -2.21. The van der Waals surface area contributed by atoms with Crippen LogP contribution in [0.1, 0.15) is 130 Å². The highest BCUT2D eigenvalue weighted by atomic mass is 16.5. The van der Waals surface area contributed by atoms with Crippen molar-refractivity contribution in [2.45, 2.75) is 143 Å². The van der Waals surface area contributed by atoms with Gasteiger partial charge < -0.3 is 9.47 Å². The first-order chi connectivity index (χ1) is 12.7. The van der Waals surface area contributed by atoms with E-state index < -0.39 is 0 Å². The summed E-state index contributed by atoms with van der Waals surface area (Å²) in [4.78, 5) is 0. The van der Waals surface area contributed by atoms with Gasteiger partial charge in [0.25, 0.3) is 0 Å². The van der Waals surface area contributed by atoms with E-state index in [1.54, 1.807) is 0 Å². The van der Waals surface area contributed by atoms with Crippen LogP contribution in [-0.2, 0) is 9.47 Å². The van der Waals surface area contributed by atoms with Gasteiger partial charge in [-0.2, -0.15) is 0 Å². The van der Waals surface area contributed by atoms with Crippen LogP contribution in [-0.4, -0.2) is 25.4 Å². The quantitative estimate of drug-likeness (QED) is 0.190. The second-order valence-corrected chi connectivity index (χ2v) is 8.10. The Labute approximate surface area is 165 Å². The zero-order valence-corrected chi connectivity index (χ0v) is 18.7. The highest BCUT2D eigenvalue weighted by Crippen LogP contribution is 2.17. The fourth-order valence-corrected chi connectivity index (χ4v) is 3.43. The van der Waals surface area contributed by atoms with E-state index in [9.17, 15) is 0 Å². The summed E-state index contributed by atoms with van der Waals surface area (Å²) in [5.41, 5.74) is 0. The Bertz CT molecular complexity index is 255. The van der Waals surface area contributed by atoms with E-state index in [0.29, 0.717) is 6.10 Å². The summed E-state index contributed by atoms with van der Waals surface area (Å²) in [5.74, 6) is 0. The van der Waals surface area contributed by atoms with Crippen molar-refractivity contribution >= 4 is 0 Å². The molecule has 0 saturated carbocycles. The smallest absolute Gasteiger partial charge is 0.0780 e. The minimum Gasteiger partial charge on any atom is -0.376 e. The maximum absolute atomic E-state index is 6.25. The first-order valence-corrected chi connectivity index (χ1v) is 12.0. The molecule has 0 aromatic carbocycles. The molecule has 0 aliphatic carbocycles. The Balaban J connectivity index is 3.91. The molecule has 0 aromatic rings. The molecule has 0 amide bonds. The van der Waals surface area contributed by atoms with Gasteiger partial charge in [-0.25, -0.2) is 0 Å². The first-order valence-electron chi connectivity index (χ1n) is 12.0. The van der Waals surface area contributed by atoms with E-state index in [4.69, 9.17) is 9.47 Å². The summed E-state index contributed by atoms with van der Waals surface area (Å²) in [6.07, 6.45) is 22.2. The summed E-state index contributed by atoms with van der Waals surface area (Å²) in [6, 6.07) is 0. The van der Waals surface area contributed by atoms with Crippen molar-refractivity contribution in [2.75, 3.05) is 13.2 Å². The molecule has 0 spiro atoms. The molecule has 2 nitrogen and oxygen atoms in total. The van der Waals surface area contributed by atoms with Crippen LogP contribution in [0.4, 0.5) is 0 Å². The predicted molar refractivity (Wildman–Crippen MR) is 116 cm³/mol. The van der Waals surface area contributed by atoms with Gasteiger partial charge in [-0.05, 0) is 26.2 Å². The van der Waals surface area contributed by atoms with Crippen LogP contribution in [0.15, 0.2) is 0 Å². The van der Waals surface area contributed by atoms with Gasteiger partial charge in [0.05, 0.1) is 18.8 Å². The molecule has 2 heteroatoms. The number of unbranched alkanes of at least 4 members (excludes halogenated alkanes) is 11. The second kappa shape index (κ2) is 21.2. The zero-order valence-electron chi connectivity index (χ0n) is 18.7. The molecule has 0 heterocycles. The van der Waals surface area contributed by atoms with Crippen LogP contribution in [0, 0.1) is 0 Å². The Morgan fingerprint density at radius 3 is 1.46 bits per heavy atom. The average molecular weight is 371 g/mol. The van der Waals surface area contributed by atoms with E-state index in [-0.39, 0.29) is 6.10 Å². The molecule has 0 radical (unpaired) electrons. The molecule has 0 N–H and O–H groups in total.